The average Bonchev–Trinajstić information content (AvgIpc) is 2.85. The molecule has 8 nitrogen and oxygen atoms in total. The summed E-state index contributed by atoms with van der Waals surface area (Å²) >= 11 is 0. The minimum absolute atomic E-state index is 0.172. The maximum Gasteiger partial charge on any atom is 0.271 e. The van der Waals surface area contributed by atoms with Gasteiger partial charge >= 0.3 is 0 Å². The summed E-state index contributed by atoms with van der Waals surface area (Å²) in [5.41, 5.74) is 6.57. The molecule has 0 saturated heterocycles. The molecule has 3 aromatic rings. The Morgan fingerprint density at radius 3 is 2.32 bits per heavy atom. The summed E-state index contributed by atoms with van der Waals surface area (Å²) in [7, 11) is 3.06. The fraction of sp³-hybridized carbons (Fsp3) is 0.192. The third kappa shape index (κ3) is 6.59. The standard InChI is InChI=1S/C26H27N3O5/c1-17-5-9-21(13-18(17)2)28-25(30)16-34-23-12-6-19(14-24(23)33-4)15-27-29-26(31)20-7-10-22(32-3)11-8-20/h5-15H,16H2,1-4H3,(H,28,30)(H,29,31). The van der Waals surface area contributed by atoms with Crippen LogP contribution in [0.15, 0.2) is 65.8 Å². The van der Waals surface area contributed by atoms with Crippen LogP contribution < -0.4 is 25.0 Å². The number of carbonyl (C=O) groups is 2. The fourth-order valence-electron chi connectivity index (χ4n) is 3.02. The second-order valence-corrected chi connectivity index (χ2v) is 7.47. The van der Waals surface area contributed by atoms with Crippen LogP contribution in [0.4, 0.5) is 5.69 Å². The zero-order chi connectivity index (χ0) is 24.5. The van der Waals surface area contributed by atoms with Crippen molar-refractivity contribution in [2.75, 3.05) is 26.1 Å². The lowest BCUT2D eigenvalue weighted by molar-refractivity contribution is -0.118. The summed E-state index contributed by atoms with van der Waals surface area (Å²) in [5, 5.41) is 6.80. The lowest BCUT2D eigenvalue weighted by Crippen LogP contribution is -2.20. The van der Waals surface area contributed by atoms with Crippen molar-refractivity contribution in [1.82, 2.24) is 5.43 Å². The number of hydrazone groups is 1. The molecule has 0 unspecified atom stereocenters. The molecule has 3 rings (SSSR count). The van der Waals surface area contributed by atoms with Crippen LogP contribution in [0.5, 0.6) is 17.2 Å². The topological polar surface area (TPSA) is 98.3 Å². The molecular weight excluding hydrogens is 434 g/mol. The van der Waals surface area contributed by atoms with Gasteiger partial charge < -0.3 is 19.5 Å². The quantitative estimate of drug-likeness (QED) is 0.369. The van der Waals surface area contributed by atoms with Gasteiger partial charge in [-0.05, 0) is 85.1 Å². The van der Waals surface area contributed by atoms with E-state index >= 15 is 0 Å². The third-order valence-electron chi connectivity index (χ3n) is 5.07. The Morgan fingerprint density at radius 1 is 0.882 bits per heavy atom. The normalized spacial score (nSPS) is 10.6. The molecule has 0 spiro atoms. The fourth-order valence-corrected chi connectivity index (χ4v) is 3.02. The largest absolute Gasteiger partial charge is 0.497 e. The number of amides is 2. The van der Waals surface area contributed by atoms with Crippen LogP contribution in [-0.4, -0.2) is 38.9 Å². The van der Waals surface area contributed by atoms with E-state index in [1.165, 1.54) is 13.3 Å². The molecule has 0 aliphatic heterocycles. The van der Waals surface area contributed by atoms with Gasteiger partial charge in [0.05, 0.1) is 20.4 Å². The molecule has 0 radical (unpaired) electrons. The predicted molar refractivity (Wildman–Crippen MR) is 131 cm³/mol. The highest BCUT2D eigenvalue weighted by Crippen LogP contribution is 2.27. The number of rotatable bonds is 9. The van der Waals surface area contributed by atoms with Crippen molar-refractivity contribution in [3.8, 4) is 17.2 Å². The van der Waals surface area contributed by atoms with Gasteiger partial charge in [0.25, 0.3) is 11.8 Å². The zero-order valence-electron chi connectivity index (χ0n) is 19.5. The molecule has 2 amide bonds. The second kappa shape index (κ2) is 11.5. The average molecular weight is 462 g/mol. The first kappa shape index (κ1) is 24.3. The van der Waals surface area contributed by atoms with E-state index in [1.54, 1.807) is 49.6 Å². The summed E-state index contributed by atoms with van der Waals surface area (Å²) in [6, 6.07) is 17.5. The molecular formula is C26H27N3O5. The maximum atomic E-state index is 12.3. The smallest absolute Gasteiger partial charge is 0.271 e. The van der Waals surface area contributed by atoms with Crippen LogP contribution >= 0.6 is 0 Å². The minimum atomic E-state index is -0.347. The number of anilines is 1. The van der Waals surface area contributed by atoms with Gasteiger partial charge in [-0.3, -0.25) is 9.59 Å². The maximum absolute atomic E-state index is 12.3. The van der Waals surface area contributed by atoms with E-state index < -0.39 is 0 Å². The molecule has 0 atom stereocenters. The molecule has 0 aliphatic rings. The summed E-state index contributed by atoms with van der Waals surface area (Å²) < 4.78 is 16.1. The van der Waals surface area contributed by atoms with Crippen LogP contribution in [0.25, 0.3) is 0 Å². The van der Waals surface area contributed by atoms with Crippen molar-refractivity contribution < 1.29 is 23.8 Å². The first-order valence-corrected chi connectivity index (χ1v) is 10.5. The molecule has 0 heterocycles. The summed E-state index contributed by atoms with van der Waals surface area (Å²) in [4.78, 5) is 24.4. The Kier molecular flexibility index (Phi) is 8.23. The van der Waals surface area contributed by atoms with Crippen LogP contribution in [0, 0.1) is 13.8 Å². The lowest BCUT2D eigenvalue weighted by Gasteiger charge is -2.12. The number of carbonyl (C=O) groups excluding carboxylic acids is 2. The van der Waals surface area contributed by atoms with Crippen molar-refractivity contribution in [3.63, 3.8) is 0 Å². The van der Waals surface area contributed by atoms with Crippen molar-refractivity contribution in [3.05, 3.63) is 82.9 Å². The Hall–Kier alpha value is -4.33. The lowest BCUT2D eigenvalue weighted by atomic mass is 10.1. The predicted octanol–water partition coefficient (Wildman–Crippen LogP) is 4.10. The number of ether oxygens (including phenoxy) is 3. The highest BCUT2D eigenvalue weighted by molar-refractivity contribution is 5.95. The zero-order valence-corrected chi connectivity index (χ0v) is 19.5. The molecule has 8 heteroatoms. The summed E-state index contributed by atoms with van der Waals surface area (Å²) in [5.74, 6) is 0.886. The molecule has 0 fully saturated rings. The van der Waals surface area contributed by atoms with E-state index in [9.17, 15) is 9.59 Å². The molecule has 0 bridgehead atoms. The van der Waals surface area contributed by atoms with Gasteiger partial charge in [-0.1, -0.05) is 6.07 Å². The highest BCUT2D eigenvalue weighted by atomic mass is 16.5. The number of benzene rings is 3. The number of hydrogen-bond acceptors (Lipinski definition) is 6. The van der Waals surface area contributed by atoms with E-state index in [2.05, 4.69) is 15.8 Å². The molecule has 176 valence electrons. The minimum Gasteiger partial charge on any atom is -0.497 e. The van der Waals surface area contributed by atoms with Crippen molar-refractivity contribution in [2.24, 2.45) is 5.10 Å². The number of aryl methyl sites for hydroxylation is 2. The van der Waals surface area contributed by atoms with Crippen molar-refractivity contribution in [2.45, 2.75) is 13.8 Å². The highest BCUT2D eigenvalue weighted by Gasteiger charge is 2.10. The molecule has 3 aromatic carbocycles. The number of hydrogen-bond donors (Lipinski definition) is 2. The van der Waals surface area contributed by atoms with Crippen LogP contribution in [0.1, 0.15) is 27.0 Å². The van der Waals surface area contributed by atoms with Gasteiger partial charge in [-0.25, -0.2) is 5.43 Å². The van der Waals surface area contributed by atoms with Gasteiger partial charge in [0, 0.05) is 11.3 Å². The van der Waals surface area contributed by atoms with E-state index in [0.717, 1.165) is 11.1 Å². The second-order valence-electron chi connectivity index (χ2n) is 7.47. The third-order valence-corrected chi connectivity index (χ3v) is 5.07. The number of nitrogens with zero attached hydrogens (tertiary/aromatic N) is 1. The Labute approximate surface area is 198 Å². The SMILES string of the molecule is COc1ccc(C(=O)NN=Cc2ccc(OCC(=O)Nc3ccc(C)c(C)c3)c(OC)c2)cc1. The summed E-state index contributed by atoms with van der Waals surface area (Å²) in [6.07, 6.45) is 1.49. The van der Waals surface area contributed by atoms with Gasteiger partial charge in [-0.15, -0.1) is 0 Å². The van der Waals surface area contributed by atoms with Gasteiger partial charge in [0.1, 0.15) is 5.75 Å². The van der Waals surface area contributed by atoms with E-state index in [-0.39, 0.29) is 18.4 Å². The van der Waals surface area contributed by atoms with Crippen molar-refractivity contribution >= 4 is 23.7 Å². The van der Waals surface area contributed by atoms with E-state index in [1.807, 2.05) is 32.0 Å². The Morgan fingerprint density at radius 2 is 1.65 bits per heavy atom. The Balaban J connectivity index is 1.56. The number of methoxy groups -OCH3 is 2. The van der Waals surface area contributed by atoms with E-state index in [0.29, 0.717) is 34.1 Å². The van der Waals surface area contributed by atoms with Crippen LogP contribution in [-0.2, 0) is 4.79 Å². The molecule has 0 saturated carbocycles. The van der Waals surface area contributed by atoms with Gasteiger partial charge in [0.2, 0.25) is 0 Å². The first-order chi connectivity index (χ1) is 16.4. The van der Waals surface area contributed by atoms with Crippen molar-refractivity contribution in [1.29, 1.82) is 0 Å². The van der Waals surface area contributed by atoms with E-state index in [4.69, 9.17) is 14.2 Å². The molecule has 2 N–H and O–H groups in total. The Bertz CT molecular complexity index is 1190. The van der Waals surface area contributed by atoms with Crippen LogP contribution in [0.2, 0.25) is 0 Å². The first-order valence-electron chi connectivity index (χ1n) is 10.5. The van der Waals surface area contributed by atoms with Crippen LogP contribution in [0.3, 0.4) is 0 Å². The monoisotopic (exact) mass is 461 g/mol. The molecule has 0 aliphatic carbocycles. The summed E-state index contributed by atoms with van der Waals surface area (Å²) in [6.45, 7) is 3.83. The van der Waals surface area contributed by atoms with Gasteiger partial charge in [0.15, 0.2) is 18.1 Å². The number of nitrogens with one attached hydrogen (secondary N) is 2. The van der Waals surface area contributed by atoms with Gasteiger partial charge in [-0.2, -0.15) is 5.10 Å². The molecule has 0 aromatic heterocycles. The molecule has 34 heavy (non-hydrogen) atoms.